The Morgan fingerprint density at radius 2 is 1.31 bits per heavy atom. The minimum Gasteiger partial charge on any atom is -0.445 e. The largest absolute Gasteiger partial charge is 0.445 e. The van der Waals surface area contributed by atoms with Crippen LogP contribution in [0.1, 0.15) is 40.2 Å². The number of fused-ring (bicyclic) bond motifs is 2. The Bertz CT molecular complexity index is 1020. The molecule has 8 heteroatoms. The van der Waals surface area contributed by atoms with Gasteiger partial charge >= 0.3 is 12.2 Å². The molecule has 2 aliphatic heterocycles. The molecule has 0 saturated carbocycles. The third kappa shape index (κ3) is 8.08. The number of hydrogen-bond donors (Lipinski definition) is 4. The van der Waals surface area contributed by atoms with Crippen molar-refractivity contribution in [2.45, 2.75) is 58.9 Å². The quantitative estimate of drug-likeness (QED) is 0.428. The first-order chi connectivity index (χ1) is 18.6. The van der Waals surface area contributed by atoms with Crippen LogP contribution in [0, 0.1) is 35.5 Å². The zero-order valence-electron chi connectivity index (χ0n) is 24.0. The van der Waals surface area contributed by atoms with E-state index in [1.165, 1.54) is 0 Å². The van der Waals surface area contributed by atoms with Gasteiger partial charge in [-0.25, -0.2) is 9.59 Å². The average Bonchev–Trinajstić information content (AvgIpc) is 3.56. The molecule has 0 bridgehead atoms. The molecule has 0 aromatic heterocycles. The Kier molecular flexibility index (Phi) is 9.72. The number of ether oxygens (including phenoxy) is 2. The van der Waals surface area contributed by atoms with Crippen LogP contribution in [-0.4, -0.2) is 56.1 Å². The molecule has 0 radical (unpaired) electrons. The van der Waals surface area contributed by atoms with Crippen molar-refractivity contribution in [3.05, 3.63) is 60.2 Å². The predicted octanol–water partition coefficient (Wildman–Crippen LogP) is 4.24. The molecule has 1 aromatic rings. The molecule has 8 unspecified atom stereocenters. The van der Waals surface area contributed by atoms with Crippen LogP contribution in [0.5, 0.6) is 0 Å². The summed E-state index contributed by atoms with van der Waals surface area (Å²) in [5.41, 5.74) is 0.565. The topological polar surface area (TPSA) is 101 Å². The molecule has 8 nitrogen and oxygen atoms in total. The first kappa shape index (κ1) is 29.2. The van der Waals surface area contributed by atoms with Crippen molar-refractivity contribution >= 4 is 12.2 Å². The number of alkyl carbamates (subject to hydrolysis) is 2. The van der Waals surface area contributed by atoms with Gasteiger partial charge in [-0.3, -0.25) is 0 Å². The standard InChI is InChI=1S/C17H22N2O2.C14H24N2O2/c1-12-7-8-14-9-18-10-15(14)16(12)19-17(20)21-11-13-5-3-2-4-6-13;1-9-5-6-10-7-15-8-11(10)12(9)16-13(17)18-14(2,3)4/h2-8,12,14-16,18H,9-11H2,1H3,(H,19,20);5-6,9-12,15H,7-8H2,1-4H3,(H,16,17). The summed E-state index contributed by atoms with van der Waals surface area (Å²) in [5, 5.41) is 12.9. The molecule has 2 saturated heterocycles. The average molecular weight is 539 g/mol. The van der Waals surface area contributed by atoms with Gasteiger partial charge in [0, 0.05) is 38.3 Å². The summed E-state index contributed by atoms with van der Waals surface area (Å²) in [5.74, 6) is 2.72. The lowest BCUT2D eigenvalue weighted by Crippen LogP contribution is -2.49. The minimum absolute atomic E-state index is 0.151. The highest BCUT2D eigenvalue weighted by atomic mass is 16.6. The molecule has 0 spiro atoms. The molecule has 2 aliphatic carbocycles. The van der Waals surface area contributed by atoms with Crippen molar-refractivity contribution < 1.29 is 19.1 Å². The lowest BCUT2D eigenvalue weighted by atomic mass is 9.77. The SMILES string of the molecule is CC1C=CC2CNCC2C1NC(=O)OC(C)(C)C.CC1C=CC2CNCC2C1NC(=O)OCc1ccccc1. The van der Waals surface area contributed by atoms with E-state index >= 15 is 0 Å². The van der Waals surface area contributed by atoms with Crippen molar-refractivity contribution in [2.24, 2.45) is 35.5 Å². The predicted molar refractivity (Wildman–Crippen MR) is 153 cm³/mol. The van der Waals surface area contributed by atoms with Gasteiger partial charge in [0.1, 0.15) is 12.2 Å². The van der Waals surface area contributed by atoms with Crippen LogP contribution in [-0.2, 0) is 16.1 Å². The van der Waals surface area contributed by atoms with Crippen LogP contribution in [0.4, 0.5) is 9.59 Å². The Morgan fingerprint density at radius 3 is 1.82 bits per heavy atom. The normalized spacial score (nSPS) is 32.7. The van der Waals surface area contributed by atoms with E-state index in [9.17, 15) is 9.59 Å². The van der Waals surface area contributed by atoms with Crippen LogP contribution in [0.15, 0.2) is 54.6 Å². The summed E-state index contributed by atoms with van der Waals surface area (Å²) in [6, 6.07) is 10.1. The summed E-state index contributed by atoms with van der Waals surface area (Å²) in [6.07, 6.45) is 8.34. The molecule has 5 rings (SSSR count). The number of rotatable bonds is 4. The van der Waals surface area contributed by atoms with Crippen molar-refractivity contribution in [2.75, 3.05) is 26.2 Å². The van der Waals surface area contributed by atoms with Crippen LogP contribution in [0.25, 0.3) is 0 Å². The van der Waals surface area contributed by atoms with E-state index in [4.69, 9.17) is 9.47 Å². The van der Waals surface area contributed by atoms with Crippen LogP contribution in [0.3, 0.4) is 0 Å². The van der Waals surface area contributed by atoms with Gasteiger partial charge in [-0.05, 0) is 61.8 Å². The third-order valence-corrected chi connectivity index (χ3v) is 8.18. The van der Waals surface area contributed by atoms with E-state index in [-0.39, 0.29) is 24.3 Å². The monoisotopic (exact) mass is 538 g/mol. The second-order valence-electron chi connectivity index (χ2n) is 12.4. The molecule has 1 aromatic carbocycles. The van der Waals surface area contributed by atoms with Gasteiger partial charge in [-0.1, -0.05) is 68.5 Å². The van der Waals surface area contributed by atoms with Gasteiger partial charge in [0.15, 0.2) is 0 Å². The smallest absolute Gasteiger partial charge is 0.407 e. The number of hydrogen-bond acceptors (Lipinski definition) is 6. The molecule has 4 N–H and O–H groups in total. The summed E-state index contributed by atoms with van der Waals surface area (Å²) in [6.45, 7) is 14.2. The number of carbonyl (C=O) groups is 2. The van der Waals surface area contributed by atoms with Crippen LogP contribution >= 0.6 is 0 Å². The first-order valence-electron chi connectivity index (χ1n) is 14.4. The van der Waals surface area contributed by atoms with E-state index in [1.807, 2.05) is 51.1 Å². The van der Waals surface area contributed by atoms with Gasteiger partial charge in [0.2, 0.25) is 0 Å². The summed E-state index contributed by atoms with van der Waals surface area (Å²) < 4.78 is 10.7. The summed E-state index contributed by atoms with van der Waals surface area (Å²) >= 11 is 0. The summed E-state index contributed by atoms with van der Waals surface area (Å²) in [7, 11) is 0. The first-order valence-corrected chi connectivity index (χ1v) is 14.4. The maximum Gasteiger partial charge on any atom is 0.407 e. The number of amides is 2. The fourth-order valence-corrected chi connectivity index (χ4v) is 6.12. The molecule has 2 amide bonds. The molecule has 4 aliphatic rings. The van der Waals surface area contributed by atoms with E-state index in [2.05, 4.69) is 59.4 Å². The maximum absolute atomic E-state index is 12.0. The van der Waals surface area contributed by atoms with Gasteiger partial charge in [0.25, 0.3) is 0 Å². The van der Waals surface area contributed by atoms with Gasteiger partial charge in [0.05, 0.1) is 0 Å². The highest BCUT2D eigenvalue weighted by Gasteiger charge is 2.39. The van der Waals surface area contributed by atoms with Crippen LogP contribution < -0.4 is 21.3 Å². The Balaban J connectivity index is 0.000000183. The minimum atomic E-state index is -0.439. The zero-order chi connectivity index (χ0) is 28.0. The van der Waals surface area contributed by atoms with E-state index in [0.717, 1.165) is 31.7 Å². The Hall–Kier alpha value is -2.84. The Morgan fingerprint density at radius 1 is 0.795 bits per heavy atom. The van der Waals surface area contributed by atoms with Crippen molar-refractivity contribution in [3.63, 3.8) is 0 Å². The fourth-order valence-electron chi connectivity index (χ4n) is 6.12. The van der Waals surface area contributed by atoms with Gasteiger partial charge in [-0.15, -0.1) is 0 Å². The van der Waals surface area contributed by atoms with Crippen LogP contribution in [0.2, 0.25) is 0 Å². The van der Waals surface area contributed by atoms with Crippen molar-refractivity contribution in [1.29, 1.82) is 0 Å². The Labute approximate surface area is 233 Å². The number of benzene rings is 1. The zero-order valence-corrected chi connectivity index (χ0v) is 24.0. The molecule has 8 atom stereocenters. The number of carbonyl (C=O) groups excluding carboxylic acids is 2. The van der Waals surface area contributed by atoms with E-state index in [1.54, 1.807) is 0 Å². The molecular formula is C31H46N4O4. The maximum atomic E-state index is 12.0. The molecule has 2 heterocycles. The van der Waals surface area contributed by atoms with E-state index < -0.39 is 5.60 Å². The highest BCUT2D eigenvalue weighted by molar-refractivity contribution is 5.68. The second kappa shape index (κ2) is 13.0. The molecule has 214 valence electrons. The second-order valence-corrected chi connectivity index (χ2v) is 12.4. The third-order valence-electron chi connectivity index (χ3n) is 8.18. The highest BCUT2D eigenvalue weighted by Crippen LogP contribution is 2.32. The lowest BCUT2D eigenvalue weighted by Gasteiger charge is -2.35. The molecule has 39 heavy (non-hydrogen) atoms. The number of nitrogens with one attached hydrogen (secondary N) is 4. The van der Waals surface area contributed by atoms with E-state index in [0.29, 0.717) is 42.1 Å². The van der Waals surface area contributed by atoms with Gasteiger partial charge < -0.3 is 30.7 Å². The van der Waals surface area contributed by atoms with Crippen molar-refractivity contribution in [1.82, 2.24) is 21.3 Å². The molecular weight excluding hydrogens is 492 g/mol. The molecule has 2 fully saturated rings. The lowest BCUT2D eigenvalue weighted by molar-refractivity contribution is 0.0464. The van der Waals surface area contributed by atoms with Crippen molar-refractivity contribution in [3.8, 4) is 0 Å². The summed E-state index contributed by atoms with van der Waals surface area (Å²) in [4.78, 5) is 23.9. The fraction of sp³-hybridized carbons (Fsp3) is 0.613. The van der Waals surface area contributed by atoms with Gasteiger partial charge in [-0.2, -0.15) is 0 Å².